The van der Waals surface area contributed by atoms with Gasteiger partial charge in [0, 0.05) is 48.5 Å². The molecule has 0 aliphatic heterocycles. The van der Waals surface area contributed by atoms with Crippen molar-refractivity contribution in [2.75, 3.05) is 0 Å². The zero-order valence-electron chi connectivity index (χ0n) is 22.8. The molecule has 0 atom stereocenters. The molecule has 0 spiro atoms. The van der Waals surface area contributed by atoms with E-state index in [4.69, 9.17) is 4.42 Å². The molecule has 0 saturated carbocycles. The van der Waals surface area contributed by atoms with E-state index >= 15 is 0 Å². The summed E-state index contributed by atoms with van der Waals surface area (Å²) in [4.78, 5) is 0. The van der Waals surface area contributed by atoms with E-state index in [2.05, 4.69) is 124 Å². The molecule has 3 heteroatoms. The fourth-order valence-corrected chi connectivity index (χ4v) is 8.48. The zero-order chi connectivity index (χ0) is 27.6. The third-order valence-corrected chi connectivity index (χ3v) is 10.1. The van der Waals surface area contributed by atoms with E-state index in [-0.39, 0.29) is 0 Å². The number of hydrogen-bond acceptors (Lipinski definition) is 1. The van der Waals surface area contributed by atoms with Crippen molar-refractivity contribution in [2.24, 2.45) is 0 Å². The minimum Gasteiger partial charge on any atom is -0.455 e. The molecule has 0 fully saturated rings. The Bertz CT molecular complexity index is 3170. The van der Waals surface area contributed by atoms with Gasteiger partial charge in [0.25, 0.3) is 0 Å². The first-order valence-corrected chi connectivity index (χ1v) is 14.9. The molecule has 5 aromatic heterocycles. The summed E-state index contributed by atoms with van der Waals surface area (Å²) in [5, 5.41) is 15.2. The van der Waals surface area contributed by atoms with Crippen LogP contribution in [-0.2, 0) is 0 Å². The normalized spacial score (nSPS) is 13.1. The summed E-state index contributed by atoms with van der Waals surface area (Å²) in [5.74, 6) is 0. The highest BCUT2D eigenvalue weighted by Crippen LogP contribution is 2.47. The van der Waals surface area contributed by atoms with Crippen LogP contribution in [0.2, 0.25) is 0 Å². The van der Waals surface area contributed by atoms with E-state index < -0.39 is 0 Å². The van der Waals surface area contributed by atoms with Crippen molar-refractivity contribution in [3.63, 3.8) is 0 Å². The quantitative estimate of drug-likeness (QED) is 0.186. The van der Waals surface area contributed by atoms with Crippen molar-refractivity contribution in [3.05, 3.63) is 121 Å². The third kappa shape index (κ3) is 2.22. The Balaban J connectivity index is 1.35. The molecule has 0 saturated heterocycles. The van der Waals surface area contributed by atoms with E-state index in [1.807, 2.05) is 6.07 Å². The molecule has 43 heavy (non-hydrogen) atoms. The summed E-state index contributed by atoms with van der Waals surface area (Å²) < 4.78 is 11.5. The average Bonchev–Trinajstić information content (AvgIpc) is 3.84. The Morgan fingerprint density at radius 3 is 2.02 bits per heavy atom. The van der Waals surface area contributed by atoms with Gasteiger partial charge in [-0.15, -0.1) is 0 Å². The molecule has 196 valence electrons. The smallest absolute Gasteiger partial charge is 0.145 e. The van der Waals surface area contributed by atoms with E-state index in [9.17, 15) is 0 Å². The van der Waals surface area contributed by atoms with Gasteiger partial charge in [-0.2, -0.15) is 0 Å². The maximum Gasteiger partial charge on any atom is 0.145 e. The number of para-hydroxylation sites is 3. The molecule has 0 aliphatic rings. The van der Waals surface area contributed by atoms with Crippen LogP contribution in [0.15, 0.2) is 126 Å². The minimum atomic E-state index is 0.936. The highest BCUT2D eigenvalue weighted by Gasteiger charge is 2.24. The number of benzene rings is 7. The number of rotatable bonds is 0. The first-order chi connectivity index (χ1) is 21.3. The molecule has 0 N–H and O–H groups in total. The number of aromatic nitrogens is 2. The second kappa shape index (κ2) is 6.80. The molecular weight excluding hydrogens is 524 g/mol. The summed E-state index contributed by atoms with van der Waals surface area (Å²) in [6.45, 7) is 0. The Labute approximate surface area is 243 Å². The maximum absolute atomic E-state index is 6.55. The molecule has 12 rings (SSSR count). The predicted molar refractivity (Wildman–Crippen MR) is 181 cm³/mol. The van der Waals surface area contributed by atoms with Gasteiger partial charge in [-0.05, 0) is 53.2 Å². The van der Waals surface area contributed by atoms with Crippen molar-refractivity contribution in [3.8, 4) is 0 Å². The molecule has 12 aromatic rings. The van der Waals surface area contributed by atoms with Crippen LogP contribution in [0.4, 0.5) is 0 Å². The van der Waals surface area contributed by atoms with Gasteiger partial charge in [0.1, 0.15) is 11.2 Å². The lowest BCUT2D eigenvalue weighted by Crippen LogP contribution is -1.84. The summed E-state index contributed by atoms with van der Waals surface area (Å²) in [6.07, 6.45) is 0. The fourth-order valence-electron chi connectivity index (χ4n) is 8.48. The minimum absolute atomic E-state index is 0.936. The molecule has 0 amide bonds. The van der Waals surface area contributed by atoms with Crippen molar-refractivity contribution < 1.29 is 4.42 Å². The Morgan fingerprint density at radius 2 is 1.09 bits per heavy atom. The van der Waals surface area contributed by atoms with Gasteiger partial charge in [-0.1, -0.05) is 78.9 Å². The van der Waals surface area contributed by atoms with E-state index in [0.29, 0.717) is 0 Å². The monoisotopic (exact) mass is 544 g/mol. The van der Waals surface area contributed by atoms with E-state index in [1.165, 1.54) is 97.7 Å². The number of nitrogens with zero attached hydrogens (tertiary/aromatic N) is 2. The Kier molecular flexibility index (Phi) is 3.32. The van der Waals surface area contributed by atoms with Gasteiger partial charge >= 0.3 is 0 Å². The average molecular weight is 545 g/mol. The van der Waals surface area contributed by atoms with Crippen LogP contribution >= 0.6 is 0 Å². The van der Waals surface area contributed by atoms with Crippen LogP contribution in [0.5, 0.6) is 0 Å². The van der Waals surface area contributed by atoms with E-state index in [1.54, 1.807) is 0 Å². The summed E-state index contributed by atoms with van der Waals surface area (Å²) in [6, 6.07) is 44.6. The largest absolute Gasteiger partial charge is 0.455 e. The molecule has 0 aliphatic carbocycles. The number of hydrogen-bond donors (Lipinski definition) is 0. The van der Waals surface area contributed by atoms with Crippen LogP contribution < -0.4 is 0 Å². The molecular formula is C40H20N2O. The lowest BCUT2D eigenvalue weighted by Gasteiger charge is -2.03. The molecule has 0 radical (unpaired) electrons. The standard InChI is InChI=1S/C40H20N2O/c1-2-9-22-21(8-1)18-30-29-19-28-24-12-7-13-27-37-32(17-16-25-23-10-4-6-15-35(23)43-40(25)37)42(38(24)27)33(28)20-34(29)41-31-14-5-3-11-26(31)36(22)39(30)41/h1-20H. The second-order valence-electron chi connectivity index (χ2n) is 12.1. The third-order valence-electron chi connectivity index (χ3n) is 10.1. The molecule has 5 heterocycles. The van der Waals surface area contributed by atoms with Gasteiger partial charge in [-0.25, -0.2) is 0 Å². The van der Waals surface area contributed by atoms with Crippen molar-refractivity contribution in [1.29, 1.82) is 0 Å². The van der Waals surface area contributed by atoms with Crippen LogP contribution in [0.3, 0.4) is 0 Å². The molecule has 7 aromatic carbocycles. The van der Waals surface area contributed by atoms with Crippen LogP contribution in [0, 0.1) is 0 Å². The van der Waals surface area contributed by atoms with Gasteiger partial charge in [-0.3, -0.25) is 0 Å². The fraction of sp³-hybridized carbons (Fsp3) is 0. The molecule has 3 nitrogen and oxygen atoms in total. The van der Waals surface area contributed by atoms with Crippen molar-refractivity contribution >= 4 is 109 Å². The Hall–Kier alpha value is -5.80. The first kappa shape index (κ1) is 21.0. The zero-order valence-corrected chi connectivity index (χ0v) is 22.8. The van der Waals surface area contributed by atoms with Crippen molar-refractivity contribution in [1.82, 2.24) is 8.80 Å². The van der Waals surface area contributed by atoms with E-state index in [0.717, 1.165) is 11.2 Å². The van der Waals surface area contributed by atoms with Crippen LogP contribution in [0.1, 0.15) is 0 Å². The lowest BCUT2D eigenvalue weighted by atomic mass is 9.99. The van der Waals surface area contributed by atoms with Gasteiger partial charge in [0.15, 0.2) is 0 Å². The number of furan rings is 1. The topological polar surface area (TPSA) is 22.0 Å². The summed E-state index contributed by atoms with van der Waals surface area (Å²) in [5.41, 5.74) is 9.44. The summed E-state index contributed by atoms with van der Waals surface area (Å²) >= 11 is 0. The molecule has 0 bridgehead atoms. The Morgan fingerprint density at radius 1 is 0.372 bits per heavy atom. The SMILES string of the molecule is c1ccc2c(c1)cc1c3cc4c5cccc6c7c8oc9ccccc9c8ccc7n(c4cc3n3c4ccccc4c2c13)c56. The number of fused-ring (bicyclic) bond motifs is 18. The lowest BCUT2D eigenvalue weighted by molar-refractivity contribution is 0.673. The van der Waals surface area contributed by atoms with Crippen molar-refractivity contribution in [2.45, 2.75) is 0 Å². The van der Waals surface area contributed by atoms with Gasteiger partial charge in [0.2, 0.25) is 0 Å². The maximum atomic E-state index is 6.55. The van der Waals surface area contributed by atoms with Crippen LogP contribution in [0.25, 0.3) is 109 Å². The molecule has 0 unspecified atom stereocenters. The van der Waals surface area contributed by atoms with Gasteiger partial charge in [0.05, 0.1) is 38.5 Å². The second-order valence-corrected chi connectivity index (χ2v) is 12.1. The summed E-state index contributed by atoms with van der Waals surface area (Å²) in [7, 11) is 0. The highest BCUT2D eigenvalue weighted by atomic mass is 16.3. The first-order valence-electron chi connectivity index (χ1n) is 14.9. The predicted octanol–water partition coefficient (Wildman–Crippen LogP) is 11.0. The van der Waals surface area contributed by atoms with Gasteiger partial charge < -0.3 is 13.2 Å². The highest BCUT2D eigenvalue weighted by molar-refractivity contribution is 6.34. The van der Waals surface area contributed by atoms with Crippen LogP contribution in [-0.4, -0.2) is 8.80 Å².